The van der Waals surface area contributed by atoms with E-state index in [2.05, 4.69) is 43.7 Å². The van der Waals surface area contributed by atoms with Gasteiger partial charge in [-0.3, -0.25) is 0 Å². The van der Waals surface area contributed by atoms with Crippen molar-refractivity contribution in [3.05, 3.63) is 35.0 Å². The van der Waals surface area contributed by atoms with Crippen molar-refractivity contribution in [3.8, 4) is 0 Å². The third-order valence-corrected chi connectivity index (χ3v) is 5.62. The average molecular weight is 270 g/mol. The molecule has 108 valence electrons. The van der Waals surface area contributed by atoms with Crippen LogP contribution in [0.1, 0.15) is 48.9 Å². The molecular weight excluding hydrogens is 244 g/mol. The van der Waals surface area contributed by atoms with Gasteiger partial charge in [-0.05, 0) is 43.9 Å². The number of benzene rings is 1. The Morgan fingerprint density at radius 1 is 1.15 bits per heavy atom. The predicted molar refractivity (Wildman–Crippen MR) is 86.2 cm³/mol. The van der Waals surface area contributed by atoms with Crippen molar-refractivity contribution in [2.45, 2.75) is 51.4 Å². The first kappa shape index (κ1) is 13.7. The topological polar surface area (TPSA) is 30.9 Å². The molecule has 1 aliphatic rings. The van der Waals surface area contributed by atoms with Gasteiger partial charge in [-0.1, -0.05) is 31.4 Å². The number of hydrogen-bond donors (Lipinski definition) is 1. The molecule has 0 saturated heterocycles. The lowest BCUT2D eigenvalue weighted by atomic mass is 9.69. The van der Waals surface area contributed by atoms with Crippen molar-refractivity contribution >= 4 is 10.9 Å². The second-order valence-electron chi connectivity index (χ2n) is 6.55. The van der Waals surface area contributed by atoms with E-state index in [9.17, 15) is 0 Å². The molecule has 2 heteroatoms. The Kier molecular flexibility index (Phi) is 3.37. The van der Waals surface area contributed by atoms with Crippen LogP contribution in [0.25, 0.3) is 10.9 Å². The highest BCUT2D eigenvalue weighted by Gasteiger charge is 2.32. The highest BCUT2D eigenvalue weighted by molar-refractivity contribution is 5.86. The summed E-state index contributed by atoms with van der Waals surface area (Å²) in [6, 6.07) is 7.03. The quantitative estimate of drug-likeness (QED) is 0.880. The van der Waals surface area contributed by atoms with Crippen LogP contribution in [-0.2, 0) is 12.5 Å². The Morgan fingerprint density at radius 3 is 2.50 bits per heavy atom. The molecule has 0 spiro atoms. The number of nitrogens with zero attached hydrogens (tertiary/aromatic N) is 1. The first-order valence-corrected chi connectivity index (χ1v) is 7.85. The molecule has 1 aromatic carbocycles. The number of fused-ring (bicyclic) bond motifs is 1. The lowest BCUT2D eigenvalue weighted by Crippen LogP contribution is -2.37. The molecule has 3 rings (SSSR count). The van der Waals surface area contributed by atoms with Gasteiger partial charge in [0, 0.05) is 35.6 Å². The summed E-state index contributed by atoms with van der Waals surface area (Å²) in [5.74, 6) is 0. The molecule has 0 unspecified atom stereocenters. The number of aromatic nitrogens is 1. The maximum atomic E-state index is 6.18. The highest BCUT2D eigenvalue weighted by atomic mass is 14.9. The van der Waals surface area contributed by atoms with E-state index in [1.54, 1.807) is 0 Å². The number of hydrogen-bond acceptors (Lipinski definition) is 1. The fourth-order valence-electron chi connectivity index (χ4n) is 3.92. The van der Waals surface area contributed by atoms with Crippen LogP contribution in [0.15, 0.2) is 18.2 Å². The largest absolute Gasteiger partial charge is 0.348 e. The minimum Gasteiger partial charge on any atom is -0.348 e. The monoisotopic (exact) mass is 270 g/mol. The van der Waals surface area contributed by atoms with Crippen molar-refractivity contribution in [1.82, 2.24) is 4.57 Å². The van der Waals surface area contributed by atoms with Crippen LogP contribution in [0.4, 0.5) is 0 Å². The summed E-state index contributed by atoms with van der Waals surface area (Å²) in [6.07, 6.45) is 6.50. The zero-order valence-corrected chi connectivity index (χ0v) is 13.0. The normalized spacial score (nSPS) is 18.6. The van der Waals surface area contributed by atoms with Gasteiger partial charge < -0.3 is 10.3 Å². The highest BCUT2D eigenvalue weighted by Crippen LogP contribution is 2.40. The van der Waals surface area contributed by atoms with Crippen molar-refractivity contribution in [2.75, 3.05) is 6.54 Å². The first-order chi connectivity index (χ1) is 9.59. The molecule has 2 aromatic rings. The minimum absolute atomic E-state index is 0.221. The van der Waals surface area contributed by atoms with Gasteiger partial charge in [-0.15, -0.1) is 0 Å². The zero-order valence-electron chi connectivity index (χ0n) is 13.0. The van der Waals surface area contributed by atoms with Crippen molar-refractivity contribution in [2.24, 2.45) is 12.8 Å². The third kappa shape index (κ3) is 1.89. The van der Waals surface area contributed by atoms with Gasteiger partial charge in [0.25, 0.3) is 0 Å². The standard InChI is InChI=1S/C18H26N2/c1-13-14(2)20(3)17-11-15(7-8-16(13)17)18(12-19)9-5-4-6-10-18/h7-8,11H,4-6,9-10,12,19H2,1-3H3. The molecule has 1 saturated carbocycles. The van der Waals surface area contributed by atoms with E-state index >= 15 is 0 Å². The Hall–Kier alpha value is -1.28. The molecule has 1 heterocycles. The first-order valence-electron chi connectivity index (χ1n) is 7.85. The van der Waals surface area contributed by atoms with E-state index in [-0.39, 0.29) is 5.41 Å². The average Bonchev–Trinajstić information content (AvgIpc) is 2.72. The molecule has 0 amide bonds. The summed E-state index contributed by atoms with van der Waals surface area (Å²) in [5, 5.41) is 1.39. The van der Waals surface area contributed by atoms with Gasteiger partial charge >= 0.3 is 0 Å². The van der Waals surface area contributed by atoms with Crippen LogP contribution in [0.2, 0.25) is 0 Å². The fourth-order valence-corrected chi connectivity index (χ4v) is 3.92. The maximum Gasteiger partial charge on any atom is 0.0485 e. The molecule has 0 aliphatic heterocycles. The second-order valence-corrected chi connectivity index (χ2v) is 6.55. The van der Waals surface area contributed by atoms with E-state index in [1.807, 2.05) is 0 Å². The maximum absolute atomic E-state index is 6.18. The summed E-state index contributed by atoms with van der Waals surface area (Å²) < 4.78 is 2.32. The molecule has 0 radical (unpaired) electrons. The Balaban J connectivity index is 2.15. The smallest absolute Gasteiger partial charge is 0.0485 e. The fraction of sp³-hybridized carbons (Fsp3) is 0.556. The van der Waals surface area contributed by atoms with Crippen LogP contribution in [0.3, 0.4) is 0 Å². The number of rotatable bonds is 2. The van der Waals surface area contributed by atoms with Gasteiger partial charge in [-0.2, -0.15) is 0 Å². The van der Waals surface area contributed by atoms with E-state index in [0.29, 0.717) is 0 Å². The van der Waals surface area contributed by atoms with Gasteiger partial charge in [0.2, 0.25) is 0 Å². The Labute approximate surface area is 122 Å². The summed E-state index contributed by atoms with van der Waals surface area (Å²) >= 11 is 0. The molecule has 0 atom stereocenters. The molecule has 1 aliphatic carbocycles. The van der Waals surface area contributed by atoms with E-state index < -0.39 is 0 Å². The molecular formula is C18H26N2. The van der Waals surface area contributed by atoms with Gasteiger partial charge in [0.05, 0.1) is 0 Å². The SMILES string of the molecule is Cc1c(C)n(C)c2cc(C3(CN)CCCCC3)ccc12. The third-order valence-electron chi connectivity index (χ3n) is 5.62. The lowest BCUT2D eigenvalue weighted by molar-refractivity contribution is 0.301. The molecule has 2 N–H and O–H groups in total. The zero-order chi connectivity index (χ0) is 14.3. The predicted octanol–water partition coefficient (Wildman–Crippen LogP) is 3.96. The van der Waals surface area contributed by atoms with Crippen molar-refractivity contribution < 1.29 is 0 Å². The van der Waals surface area contributed by atoms with Gasteiger partial charge in [-0.25, -0.2) is 0 Å². The molecule has 1 fully saturated rings. The van der Waals surface area contributed by atoms with E-state index in [0.717, 1.165) is 6.54 Å². The molecule has 1 aromatic heterocycles. The van der Waals surface area contributed by atoms with Crippen molar-refractivity contribution in [3.63, 3.8) is 0 Å². The van der Waals surface area contributed by atoms with Crippen LogP contribution in [0.5, 0.6) is 0 Å². The van der Waals surface area contributed by atoms with Crippen LogP contribution in [0, 0.1) is 13.8 Å². The molecule has 0 bridgehead atoms. The summed E-state index contributed by atoms with van der Waals surface area (Å²) in [7, 11) is 2.17. The lowest BCUT2D eigenvalue weighted by Gasteiger charge is -2.37. The number of aryl methyl sites for hydroxylation is 2. The van der Waals surface area contributed by atoms with Gasteiger partial charge in [0.15, 0.2) is 0 Å². The minimum atomic E-state index is 0.221. The van der Waals surface area contributed by atoms with Crippen LogP contribution >= 0.6 is 0 Å². The van der Waals surface area contributed by atoms with Crippen molar-refractivity contribution in [1.29, 1.82) is 0 Å². The van der Waals surface area contributed by atoms with Crippen LogP contribution < -0.4 is 5.73 Å². The van der Waals surface area contributed by atoms with E-state index in [1.165, 1.54) is 59.8 Å². The Bertz CT molecular complexity index is 630. The molecule has 20 heavy (non-hydrogen) atoms. The molecule has 2 nitrogen and oxygen atoms in total. The van der Waals surface area contributed by atoms with Crippen LogP contribution in [-0.4, -0.2) is 11.1 Å². The van der Waals surface area contributed by atoms with Gasteiger partial charge in [0.1, 0.15) is 0 Å². The summed E-state index contributed by atoms with van der Waals surface area (Å²) in [5.41, 5.74) is 12.0. The summed E-state index contributed by atoms with van der Waals surface area (Å²) in [6.45, 7) is 5.20. The van der Waals surface area contributed by atoms with E-state index in [4.69, 9.17) is 5.73 Å². The number of nitrogens with two attached hydrogens (primary N) is 1. The second kappa shape index (κ2) is 4.92. The Morgan fingerprint density at radius 2 is 1.85 bits per heavy atom. The summed E-state index contributed by atoms with van der Waals surface area (Å²) in [4.78, 5) is 0.